The minimum Gasteiger partial charge on any atom is -0.322 e. The Balaban J connectivity index is 1.92. The number of hydrogen-bond donors (Lipinski definition) is 1. The van der Waals surface area contributed by atoms with Crippen LogP contribution >= 0.6 is 15.9 Å². The Kier molecular flexibility index (Phi) is 3.12. The lowest BCUT2D eigenvalue weighted by atomic mass is 10.0. The van der Waals surface area contributed by atoms with Gasteiger partial charge in [-0.15, -0.1) is 0 Å². The number of hydrogen-bond acceptors (Lipinski definition) is 3. The van der Waals surface area contributed by atoms with Crippen LogP contribution in [0, 0.1) is 6.92 Å². The maximum atomic E-state index is 12.5. The standard InChI is InChI=1S/C14H13BrN2O3/c1-7-4-8-9(10(15)5-7)6-17(14(8)20)11-2-3-12(18)16-13(11)19/h4-5,11H,2-3,6H2,1H3,(H,16,18,19). The highest BCUT2D eigenvalue weighted by molar-refractivity contribution is 9.10. The molecule has 2 aliphatic heterocycles. The molecule has 6 heteroatoms. The molecule has 2 heterocycles. The van der Waals surface area contributed by atoms with Crippen LogP contribution in [0.5, 0.6) is 0 Å². The third-order valence-electron chi connectivity index (χ3n) is 3.75. The van der Waals surface area contributed by atoms with Crippen LogP contribution in [0.4, 0.5) is 0 Å². The van der Waals surface area contributed by atoms with Gasteiger partial charge in [0.05, 0.1) is 0 Å². The van der Waals surface area contributed by atoms with Crippen molar-refractivity contribution in [3.8, 4) is 0 Å². The number of imide groups is 1. The molecule has 5 nitrogen and oxygen atoms in total. The van der Waals surface area contributed by atoms with E-state index in [0.29, 0.717) is 18.5 Å². The quantitative estimate of drug-likeness (QED) is 0.790. The summed E-state index contributed by atoms with van der Waals surface area (Å²) in [4.78, 5) is 37.1. The van der Waals surface area contributed by atoms with Crippen molar-refractivity contribution in [1.82, 2.24) is 10.2 Å². The van der Waals surface area contributed by atoms with E-state index in [0.717, 1.165) is 15.6 Å². The first kappa shape index (κ1) is 13.3. The second-order valence-electron chi connectivity index (χ2n) is 5.17. The lowest BCUT2D eigenvalue weighted by molar-refractivity contribution is -0.136. The molecule has 3 amide bonds. The van der Waals surface area contributed by atoms with Crippen LogP contribution < -0.4 is 5.32 Å². The largest absolute Gasteiger partial charge is 0.322 e. The predicted octanol–water partition coefficient (Wildman–Crippen LogP) is 1.52. The summed E-state index contributed by atoms with van der Waals surface area (Å²) < 4.78 is 0.885. The van der Waals surface area contributed by atoms with Crippen LogP contribution in [0.15, 0.2) is 16.6 Å². The van der Waals surface area contributed by atoms with Gasteiger partial charge < -0.3 is 4.90 Å². The lowest BCUT2D eigenvalue weighted by Gasteiger charge is -2.29. The molecule has 0 spiro atoms. The summed E-state index contributed by atoms with van der Waals surface area (Å²) in [7, 11) is 0. The molecule has 1 fully saturated rings. The summed E-state index contributed by atoms with van der Waals surface area (Å²) >= 11 is 3.47. The van der Waals surface area contributed by atoms with Gasteiger partial charge in [0.2, 0.25) is 11.8 Å². The molecule has 2 aliphatic rings. The summed E-state index contributed by atoms with van der Waals surface area (Å²) in [5.74, 6) is -0.790. The van der Waals surface area contributed by atoms with Gasteiger partial charge in [-0.3, -0.25) is 19.7 Å². The summed E-state index contributed by atoms with van der Waals surface area (Å²) in [5, 5.41) is 2.30. The van der Waals surface area contributed by atoms with Crippen LogP contribution in [0.3, 0.4) is 0 Å². The molecule has 1 atom stereocenters. The molecule has 1 unspecified atom stereocenters. The van der Waals surface area contributed by atoms with Crippen LogP contribution in [0.2, 0.25) is 0 Å². The Bertz CT molecular complexity index is 642. The first-order chi connectivity index (χ1) is 9.47. The van der Waals surface area contributed by atoms with Crippen LogP contribution in [-0.4, -0.2) is 28.7 Å². The van der Waals surface area contributed by atoms with Crippen LogP contribution in [0.25, 0.3) is 0 Å². The number of nitrogens with zero attached hydrogens (tertiary/aromatic N) is 1. The van der Waals surface area contributed by atoms with E-state index in [-0.39, 0.29) is 24.1 Å². The summed E-state index contributed by atoms with van der Waals surface area (Å²) in [5.41, 5.74) is 2.54. The molecular weight excluding hydrogens is 324 g/mol. The third kappa shape index (κ3) is 2.04. The van der Waals surface area contributed by atoms with Gasteiger partial charge in [0.25, 0.3) is 5.91 Å². The highest BCUT2D eigenvalue weighted by atomic mass is 79.9. The summed E-state index contributed by atoms with van der Waals surface area (Å²) in [6, 6.07) is 3.24. The normalized spacial score (nSPS) is 22.0. The van der Waals surface area contributed by atoms with Crippen molar-refractivity contribution in [2.45, 2.75) is 32.4 Å². The number of carbonyl (C=O) groups excluding carboxylic acids is 3. The SMILES string of the molecule is Cc1cc(Br)c2c(c1)C(=O)N(C1CCC(=O)NC1=O)C2. The van der Waals surface area contributed by atoms with Crippen molar-refractivity contribution >= 4 is 33.7 Å². The van der Waals surface area contributed by atoms with Crippen LogP contribution in [-0.2, 0) is 16.1 Å². The van der Waals surface area contributed by atoms with Crippen molar-refractivity contribution in [2.75, 3.05) is 0 Å². The lowest BCUT2D eigenvalue weighted by Crippen LogP contribution is -2.52. The molecule has 1 aromatic rings. The number of aryl methyl sites for hydroxylation is 1. The van der Waals surface area contributed by atoms with E-state index in [9.17, 15) is 14.4 Å². The molecule has 3 rings (SSSR count). The number of halogens is 1. The fourth-order valence-corrected chi connectivity index (χ4v) is 3.45. The molecule has 0 radical (unpaired) electrons. The van der Waals surface area contributed by atoms with E-state index in [4.69, 9.17) is 0 Å². The van der Waals surface area contributed by atoms with Gasteiger partial charge in [-0.2, -0.15) is 0 Å². The van der Waals surface area contributed by atoms with Gasteiger partial charge >= 0.3 is 0 Å². The Morgan fingerprint density at radius 1 is 1.30 bits per heavy atom. The van der Waals surface area contributed by atoms with Crippen molar-refractivity contribution in [2.24, 2.45) is 0 Å². The topological polar surface area (TPSA) is 66.5 Å². The van der Waals surface area contributed by atoms with Crippen molar-refractivity contribution in [3.05, 3.63) is 33.3 Å². The first-order valence-corrected chi connectivity index (χ1v) is 7.20. The summed E-state index contributed by atoms with van der Waals surface area (Å²) in [6.07, 6.45) is 0.664. The highest BCUT2D eigenvalue weighted by Crippen LogP contribution is 2.33. The molecule has 20 heavy (non-hydrogen) atoms. The molecule has 0 aliphatic carbocycles. The van der Waals surface area contributed by atoms with Gasteiger partial charge in [-0.05, 0) is 36.6 Å². The fraction of sp³-hybridized carbons (Fsp3) is 0.357. The zero-order chi connectivity index (χ0) is 14.4. The van der Waals surface area contributed by atoms with E-state index in [1.807, 2.05) is 19.1 Å². The molecule has 104 valence electrons. The van der Waals surface area contributed by atoms with E-state index >= 15 is 0 Å². The highest BCUT2D eigenvalue weighted by Gasteiger charge is 2.39. The summed E-state index contributed by atoms with van der Waals surface area (Å²) in [6.45, 7) is 2.33. The van der Waals surface area contributed by atoms with Crippen molar-refractivity contribution in [3.63, 3.8) is 0 Å². The maximum Gasteiger partial charge on any atom is 0.255 e. The molecule has 1 saturated heterocycles. The zero-order valence-corrected chi connectivity index (χ0v) is 12.5. The Labute approximate surface area is 124 Å². The van der Waals surface area contributed by atoms with Gasteiger partial charge in [0.1, 0.15) is 6.04 Å². The molecular formula is C14H13BrN2O3. The van der Waals surface area contributed by atoms with Crippen molar-refractivity contribution in [1.29, 1.82) is 0 Å². The Morgan fingerprint density at radius 2 is 2.05 bits per heavy atom. The van der Waals surface area contributed by atoms with Crippen molar-refractivity contribution < 1.29 is 14.4 Å². The van der Waals surface area contributed by atoms with Gasteiger partial charge in [-0.1, -0.05) is 15.9 Å². The average Bonchev–Trinajstić information content (AvgIpc) is 2.68. The number of amides is 3. The molecule has 1 N–H and O–H groups in total. The average molecular weight is 337 g/mol. The maximum absolute atomic E-state index is 12.5. The van der Waals surface area contributed by atoms with E-state index in [1.54, 1.807) is 4.90 Å². The fourth-order valence-electron chi connectivity index (χ4n) is 2.75. The minimum atomic E-state index is -0.556. The minimum absolute atomic E-state index is 0.140. The molecule has 0 saturated carbocycles. The predicted molar refractivity (Wildman–Crippen MR) is 74.9 cm³/mol. The smallest absolute Gasteiger partial charge is 0.255 e. The van der Waals surface area contributed by atoms with Gasteiger partial charge in [0, 0.05) is 23.0 Å². The van der Waals surface area contributed by atoms with E-state index in [2.05, 4.69) is 21.2 Å². The number of fused-ring (bicyclic) bond motifs is 1. The second kappa shape index (κ2) is 4.70. The second-order valence-corrected chi connectivity index (χ2v) is 6.03. The third-order valence-corrected chi connectivity index (χ3v) is 4.45. The molecule has 1 aromatic carbocycles. The van der Waals surface area contributed by atoms with E-state index in [1.165, 1.54) is 0 Å². The number of nitrogens with one attached hydrogen (secondary N) is 1. The van der Waals surface area contributed by atoms with Gasteiger partial charge in [-0.25, -0.2) is 0 Å². The molecule has 0 bridgehead atoms. The van der Waals surface area contributed by atoms with E-state index < -0.39 is 6.04 Å². The zero-order valence-electron chi connectivity index (χ0n) is 10.9. The Morgan fingerprint density at radius 3 is 2.75 bits per heavy atom. The number of rotatable bonds is 1. The van der Waals surface area contributed by atoms with Crippen LogP contribution in [0.1, 0.15) is 34.3 Å². The monoisotopic (exact) mass is 336 g/mol. The number of piperidine rings is 1. The molecule has 0 aromatic heterocycles. The number of carbonyl (C=O) groups is 3. The Hall–Kier alpha value is -1.69. The first-order valence-electron chi connectivity index (χ1n) is 6.41. The number of benzene rings is 1. The van der Waals surface area contributed by atoms with Gasteiger partial charge in [0.15, 0.2) is 0 Å².